The van der Waals surface area contributed by atoms with Crippen LogP contribution in [-0.4, -0.2) is 0 Å². The van der Waals surface area contributed by atoms with Gasteiger partial charge in [-0.1, -0.05) is 58.1 Å². The molecule has 3 aliphatic rings. The van der Waals surface area contributed by atoms with Gasteiger partial charge in [0.2, 0.25) is 0 Å². The molecular formula is C23H28INS. The fraction of sp³-hybridized carbons (Fsp3) is 0.609. The van der Waals surface area contributed by atoms with E-state index in [9.17, 15) is 5.26 Å². The molecule has 4 unspecified atom stereocenters. The molecule has 2 fully saturated rings. The highest BCUT2D eigenvalue weighted by atomic mass is 127. The summed E-state index contributed by atoms with van der Waals surface area (Å²) < 4.78 is 0. The molecule has 4 atom stereocenters. The summed E-state index contributed by atoms with van der Waals surface area (Å²) in [6, 6.07) is 2.46. The van der Waals surface area contributed by atoms with Crippen molar-refractivity contribution >= 4 is 30.1 Å². The number of halogens is 1. The smallest absolute Gasteiger partial charge is 0.0995 e. The Morgan fingerprint density at radius 3 is 2.88 bits per heavy atom. The number of rotatable bonds is 2. The summed E-state index contributed by atoms with van der Waals surface area (Å²) in [5, 5.41) is 13.1. The van der Waals surface area contributed by atoms with Gasteiger partial charge in [0.25, 0.3) is 0 Å². The van der Waals surface area contributed by atoms with Crippen LogP contribution in [0.2, 0.25) is 0 Å². The van der Waals surface area contributed by atoms with Gasteiger partial charge in [-0.25, -0.2) is 0 Å². The molecule has 0 amide bonds. The van der Waals surface area contributed by atoms with Crippen LogP contribution in [-0.2, 0) is 0 Å². The van der Waals surface area contributed by atoms with E-state index in [1.807, 2.05) is 0 Å². The van der Waals surface area contributed by atoms with Crippen LogP contribution in [0, 0.1) is 45.2 Å². The summed E-state index contributed by atoms with van der Waals surface area (Å²) in [4.78, 5) is 0. The third kappa shape index (κ3) is 3.43. The lowest BCUT2D eigenvalue weighted by Crippen LogP contribution is -2.47. The van der Waals surface area contributed by atoms with Crippen molar-refractivity contribution < 1.29 is 0 Å². The molecule has 3 heteroatoms. The quantitative estimate of drug-likeness (QED) is 0.306. The maximum atomic E-state index is 9.79. The van der Waals surface area contributed by atoms with Crippen molar-refractivity contribution in [2.45, 2.75) is 65.7 Å². The summed E-state index contributed by atoms with van der Waals surface area (Å²) in [7, 11) is 1.55. The Morgan fingerprint density at radius 2 is 2.19 bits per heavy atom. The molecule has 138 valence electrons. The van der Waals surface area contributed by atoms with Crippen LogP contribution in [0.1, 0.15) is 65.7 Å². The van der Waals surface area contributed by atoms with Crippen LogP contribution in [0.15, 0.2) is 34.9 Å². The molecular weight excluding hydrogens is 449 g/mol. The fourth-order valence-corrected chi connectivity index (χ4v) is 6.17. The summed E-state index contributed by atoms with van der Waals surface area (Å²) in [6.07, 6.45) is 15.2. The molecule has 1 nitrogen and oxygen atoms in total. The minimum atomic E-state index is -0.241. The van der Waals surface area contributed by atoms with E-state index in [0.29, 0.717) is 0 Å². The molecule has 0 bridgehead atoms. The van der Waals surface area contributed by atoms with Gasteiger partial charge in [0.15, 0.2) is 0 Å². The summed E-state index contributed by atoms with van der Waals surface area (Å²) >= 11 is 2.25. The lowest BCUT2D eigenvalue weighted by Gasteiger charge is -2.56. The summed E-state index contributed by atoms with van der Waals surface area (Å²) in [5.74, 6) is 5.11. The minimum absolute atomic E-state index is 0.212. The highest BCUT2D eigenvalue weighted by Gasteiger charge is 2.54. The Balaban J connectivity index is 2.17. The molecule has 0 N–H and O–H groups in total. The first-order valence-corrected chi connectivity index (χ1v) is 13.2. The Kier molecular flexibility index (Phi) is 6.30. The molecule has 0 aromatic heterocycles. The molecule has 0 aromatic carbocycles. The zero-order valence-corrected chi connectivity index (χ0v) is 19.0. The van der Waals surface area contributed by atoms with Crippen molar-refractivity contribution in [2.75, 3.05) is 0 Å². The Morgan fingerprint density at radius 1 is 1.38 bits per heavy atom. The normalized spacial score (nSPS) is 37.4. The van der Waals surface area contributed by atoms with Gasteiger partial charge in [-0.3, -0.25) is 0 Å². The molecule has 26 heavy (non-hydrogen) atoms. The number of hydrogen-bond donors (Lipinski definition) is 0. The standard InChI is InChI=1S/C23H28INS/c1-4-5-8-18-14-21-22(3)10-6-7-17(2)20(22)9-11-23(21,12-13-26-24)15-19(18)16-25/h8,14-15,17,20H,4-7,9-11H2,1-3H3/b18-8+. The second-order valence-corrected chi connectivity index (χ2v) is 10.1. The van der Waals surface area contributed by atoms with Gasteiger partial charge in [-0.2, -0.15) is 5.26 Å². The largest absolute Gasteiger partial charge is 0.192 e. The van der Waals surface area contributed by atoms with Gasteiger partial charge >= 0.3 is 0 Å². The van der Waals surface area contributed by atoms with Crippen LogP contribution < -0.4 is 0 Å². The van der Waals surface area contributed by atoms with Crippen LogP contribution in [0.4, 0.5) is 0 Å². The number of allylic oxidation sites excluding steroid dienone is 6. The van der Waals surface area contributed by atoms with E-state index in [4.69, 9.17) is 0 Å². The number of unbranched alkanes of at least 4 members (excludes halogenated alkanes) is 1. The van der Waals surface area contributed by atoms with Crippen molar-refractivity contribution in [2.24, 2.45) is 22.7 Å². The molecule has 0 radical (unpaired) electrons. The first-order valence-electron chi connectivity index (χ1n) is 9.86. The molecule has 0 aromatic rings. The number of nitrogens with zero attached hydrogens (tertiary/aromatic N) is 1. The first kappa shape index (κ1) is 20.1. The van der Waals surface area contributed by atoms with E-state index in [1.54, 1.807) is 8.93 Å². The number of nitriles is 1. The Bertz CT molecular complexity index is 759. The third-order valence-electron chi connectivity index (χ3n) is 6.89. The van der Waals surface area contributed by atoms with Crippen molar-refractivity contribution in [3.63, 3.8) is 0 Å². The van der Waals surface area contributed by atoms with Gasteiger partial charge < -0.3 is 0 Å². The monoisotopic (exact) mass is 477 g/mol. The summed E-state index contributed by atoms with van der Waals surface area (Å²) in [6.45, 7) is 7.11. The fourth-order valence-electron chi connectivity index (χ4n) is 5.62. The van der Waals surface area contributed by atoms with Gasteiger partial charge in [-0.05, 0) is 74.3 Å². The predicted octanol–water partition coefficient (Wildman–Crippen LogP) is 7.37. The Hall–Kier alpha value is -0.650. The van der Waals surface area contributed by atoms with Crippen molar-refractivity contribution in [3.05, 3.63) is 34.9 Å². The average molecular weight is 477 g/mol. The molecule has 0 spiro atoms. The molecule has 0 heterocycles. The maximum absolute atomic E-state index is 9.79. The van der Waals surface area contributed by atoms with Crippen molar-refractivity contribution in [1.82, 2.24) is 0 Å². The minimum Gasteiger partial charge on any atom is -0.192 e. The summed E-state index contributed by atoms with van der Waals surface area (Å²) in [5.41, 5.74) is 3.41. The SMILES string of the molecule is CCC/C=C1\C=C2C(C#CSI)(C=C1C#N)CCC1C(C)CCCC21C. The number of hydrogen-bond acceptors (Lipinski definition) is 2. The van der Waals surface area contributed by atoms with Crippen molar-refractivity contribution in [1.29, 1.82) is 5.26 Å². The zero-order valence-electron chi connectivity index (χ0n) is 16.1. The lowest BCUT2D eigenvalue weighted by molar-refractivity contribution is 0.0468. The second-order valence-electron chi connectivity index (χ2n) is 8.38. The van der Waals surface area contributed by atoms with E-state index in [2.05, 4.69) is 77.4 Å². The topological polar surface area (TPSA) is 23.8 Å². The van der Waals surface area contributed by atoms with Crippen LogP contribution >= 0.6 is 30.1 Å². The highest BCUT2D eigenvalue weighted by Crippen LogP contribution is 2.62. The molecule has 3 rings (SSSR count). The van der Waals surface area contributed by atoms with Gasteiger partial charge in [0, 0.05) is 21.2 Å². The second kappa shape index (κ2) is 8.15. The Labute approximate surface area is 175 Å². The average Bonchev–Trinajstić information content (AvgIpc) is 2.64. The van der Waals surface area contributed by atoms with E-state index in [0.717, 1.165) is 42.2 Å². The molecule has 0 saturated heterocycles. The lowest BCUT2D eigenvalue weighted by atomic mass is 9.47. The first-order chi connectivity index (χ1) is 12.5. The van der Waals surface area contributed by atoms with Crippen LogP contribution in [0.3, 0.4) is 0 Å². The molecule has 2 saturated carbocycles. The van der Waals surface area contributed by atoms with E-state index >= 15 is 0 Å². The highest BCUT2D eigenvalue weighted by molar-refractivity contribution is 14.2. The van der Waals surface area contributed by atoms with Gasteiger partial charge in [0.1, 0.15) is 0 Å². The van der Waals surface area contributed by atoms with Gasteiger partial charge in [-0.15, -0.1) is 0 Å². The van der Waals surface area contributed by atoms with Crippen LogP contribution in [0.5, 0.6) is 0 Å². The maximum Gasteiger partial charge on any atom is 0.0995 e. The van der Waals surface area contributed by atoms with Gasteiger partial charge in [0.05, 0.1) is 17.1 Å². The zero-order chi connectivity index (χ0) is 18.8. The van der Waals surface area contributed by atoms with Crippen LogP contribution in [0.25, 0.3) is 0 Å². The third-order valence-corrected chi connectivity index (χ3v) is 7.73. The molecule has 0 aliphatic heterocycles. The predicted molar refractivity (Wildman–Crippen MR) is 120 cm³/mol. The molecule has 3 aliphatic carbocycles. The van der Waals surface area contributed by atoms with E-state index < -0.39 is 0 Å². The van der Waals surface area contributed by atoms with Crippen molar-refractivity contribution in [3.8, 4) is 17.2 Å². The number of fused-ring (bicyclic) bond motifs is 3. The van der Waals surface area contributed by atoms with E-state index in [-0.39, 0.29) is 10.8 Å². The van der Waals surface area contributed by atoms with E-state index in [1.165, 1.54) is 31.3 Å².